The van der Waals surface area contributed by atoms with Crippen molar-refractivity contribution in [2.45, 2.75) is 25.4 Å². The second-order valence-corrected chi connectivity index (χ2v) is 10.1. The van der Waals surface area contributed by atoms with E-state index in [0.29, 0.717) is 34.3 Å². The Morgan fingerprint density at radius 1 is 1.16 bits per heavy atom. The van der Waals surface area contributed by atoms with E-state index in [-0.39, 0.29) is 23.3 Å². The predicted octanol–water partition coefficient (Wildman–Crippen LogP) is 3.37. The number of hydrogen-bond donors (Lipinski definition) is 1. The molecular weight excluding hydrogens is 537 g/mol. The van der Waals surface area contributed by atoms with Gasteiger partial charge in [-0.3, -0.25) is 14.2 Å². The van der Waals surface area contributed by atoms with Gasteiger partial charge in [0.05, 0.1) is 31.6 Å². The monoisotopic (exact) mass is 558 g/mol. The summed E-state index contributed by atoms with van der Waals surface area (Å²) in [6.45, 7) is 1.44. The number of anilines is 1. The predicted molar refractivity (Wildman–Crippen MR) is 131 cm³/mol. The summed E-state index contributed by atoms with van der Waals surface area (Å²) in [6, 6.07) is 11.2. The fourth-order valence-corrected chi connectivity index (χ4v) is 4.93. The summed E-state index contributed by atoms with van der Waals surface area (Å²) in [5.74, 6) is -0.349. The molecule has 1 aliphatic heterocycles. The summed E-state index contributed by atoms with van der Waals surface area (Å²) >= 11 is 6.29. The third-order valence-electron chi connectivity index (χ3n) is 5.61. The van der Waals surface area contributed by atoms with Gasteiger partial charge in [0, 0.05) is 6.54 Å². The van der Waals surface area contributed by atoms with E-state index in [9.17, 15) is 26.4 Å². The van der Waals surface area contributed by atoms with Gasteiger partial charge in [-0.2, -0.15) is 21.6 Å². The lowest BCUT2D eigenvalue weighted by Gasteiger charge is -2.32. The zero-order valence-electron chi connectivity index (χ0n) is 19.7. The van der Waals surface area contributed by atoms with E-state index in [1.54, 1.807) is 46.9 Å². The minimum Gasteiger partial charge on any atom is -0.467 e. The number of pyridine rings is 1. The van der Waals surface area contributed by atoms with Gasteiger partial charge >= 0.3 is 21.6 Å². The molecule has 37 heavy (non-hydrogen) atoms. The number of methoxy groups -OCH3 is 1. The molecule has 0 bridgehead atoms. The number of amidine groups is 1. The minimum absolute atomic E-state index is 0.0877. The van der Waals surface area contributed by atoms with Crippen LogP contribution in [0.15, 0.2) is 47.6 Å². The number of hydrazone groups is 1. The van der Waals surface area contributed by atoms with Gasteiger partial charge in [0.2, 0.25) is 0 Å². The number of nitrogens with one attached hydrogen (secondary N) is 1. The van der Waals surface area contributed by atoms with Crippen LogP contribution in [0.3, 0.4) is 0 Å². The SMILES string of the molecule is CCc1nc2cccc(Cl)n2c1C(=O)NCc1ccc(N2CCN(S(=O)(=O)C(F)(F)F)C(OC)=N2)cc1. The molecule has 0 atom stereocenters. The van der Waals surface area contributed by atoms with E-state index in [0.717, 1.165) is 12.7 Å². The van der Waals surface area contributed by atoms with Crippen molar-refractivity contribution >= 4 is 44.9 Å². The number of carbonyl (C=O) groups is 1. The lowest BCUT2D eigenvalue weighted by atomic mass is 10.2. The molecular formula is C22H22ClF3N6O4S. The fourth-order valence-electron chi connectivity index (χ4n) is 3.79. The van der Waals surface area contributed by atoms with Crippen LogP contribution >= 0.6 is 11.6 Å². The van der Waals surface area contributed by atoms with Crippen LogP contribution in [0.1, 0.15) is 28.7 Å². The Kier molecular flexibility index (Phi) is 7.24. The van der Waals surface area contributed by atoms with Crippen LogP contribution < -0.4 is 10.3 Å². The third-order valence-corrected chi connectivity index (χ3v) is 7.40. The average Bonchev–Trinajstić information content (AvgIpc) is 3.26. The summed E-state index contributed by atoms with van der Waals surface area (Å²) in [7, 11) is -4.60. The molecule has 1 N–H and O–H groups in total. The summed E-state index contributed by atoms with van der Waals surface area (Å²) < 4.78 is 68.9. The molecule has 0 spiro atoms. The van der Waals surface area contributed by atoms with Gasteiger partial charge in [0.25, 0.3) is 5.91 Å². The molecule has 15 heteroatoms. The number of halogens is 4. The molecule has 0 aliphatic carbocycles. The topological polar surface area (TPSA) is 109 Å². The highest BCUT2D eigenvalue weighted by Gasteiger charge is 2.52. The number of hydrogen-bond acceptors (Lipinski definition) is 7. The van der Waals surface area contributed by atoms with E-state index in [1.807, 2.05) is 6.92 Å². The Morgan fingerprint density at radius 3 is 2.49 bits per heavy atom. The van der Waals surface area contributed by atoms with Crippen LogP contribution in [0.25, 0.3) is 5.65 Å². The van der Waals surface area contributed by atoms with Gasteiger partial charge < -0.3 is 10.1 Å². The van der Waals surface area contributed by atoms with Gasteiger partial charge in [-0.05, 0) is 36.2 Å². The molecule has 1 aromatic carbocycles. The van der Waals surface area contributed by atoms with E-state index < -0.39 is 28.1 Å². The second kappa shape index (κ2) is 10.1. The first-order chi connectivity index (χ1) is 17.5. The van der Waals surface area contributed by atoms with Crippen molar-refractivity contribution in [2.24, 2.45) is 5.10 Å². The van der Waals surface area contributed by atoms with Gasteiger partial charge in [-0.15, -0.1) is 5.10 Å². The van der Waals surface area contributed by atoms with Gasteiger partial charge in [-0.25, -0.2) is 9.29 Å². The number of imidazole rings is 1. The molecule has 4 rings (SSSR count). The number of fused-ring (bicyclic) bond motifs is 1. The van der Waals surface area contributed by atoms with Crippen molar-refractivity contribution in [1.82, 2.24) is 19.0 Å². The molecule has 10 nitrogen and oxygen atoms in total. The quantitative estimate of drug-likeness (QED) is 0.465. The van der Waals surface area contributed by atoms with Crippen molar-refractivity contribution in [1.29, 1.82) is 0 Å². The number of alkyl halides is 3. The maximum Gasteiger partial charge on any atom is 0.516 e. The number of ether oxygens (including phenoxy) is 1. The molecule has 3 heterocycles. The molecule has 2 aromatic heterocycles. The van der Waals surface area contributed by atoms with Gasteiger partial charge in [-0.1, -0.05) is 36.7 Å². The zero-order valence-corrected chi connectivity index (χ0v) is 21.2. The summed E-state index contributed by atoms with van der Waals surface area (Å²) in [4.78, 5) is 17.5. The maximum absolute atomic E-state index is 13.0. The first-order valence-corrected chi connectivity index (χ1v) is 12.8. The molecule has 3 aromatic rings. The lowest BCUT2D eigenvalue weighted by molar-refractivity contribution is -0.0477. The molecule has 0 fully saturated rings. The summed E-state index contributed by atoms with van der Waals surface area (Å²) in [5.41, 5.74) is -2.71. The number of rotatable bonds is 6. The van der Waals surface area contributed by atoms with Crippen LogP contribution in [0.4, 0.5) is 18.9 Å². The van der Waals surface area contributed by atoms with Crippen LogP contribution in [0, 0.1) is 0 Å². The number of aryl methyl sites for hydroxylation is 1. The first-order valence-electron chi connectivity index (χ1n) is 11.0. The highest BCUT2D eigenvalue weighted by Crippen LogP contribution is 2.29. The van der Waals surface area contributed by atoms with Crippen molar-refractivity contribution in [2.75, 3.05) is 25.2 Å². The Hall–Kier alpha value is -3.52. The van der Waals surface area contributed by atoms with Crippen LogP contribution in [0.5, 0.6) is 0 Å². The normalized spacial score (nSPS) is 14.6. The van der Waals surface area contributed by atoms with E-state index in [1.165, 1.54) is 5.01 Å². The summed E-state index contributed by atoms with van der Waals surface area (Å²) in [5, 5.41) is 8.45. The van der Waals surface area contributed by atoms with Gasteiger partial charge in [0.1, 0.15) is 16.5 Å². The van der Waals surface area contributed by atoms with Gasteiger partial charge in [0.15, 0.2) is 0 Å². The summed E-state index contributed by atoms with van der Waals surface area (Å²) in [6.07, 6.45) is 0.539. The van der Waals surface area contributed by atoms with E-state index >= 15 is 0 Å². The molecule has 0 radical (unpaired) electrons. The number of carbonyl (C=O) groups excluding carboxylic acids is 1. The Bertz CT molecular complexity index is 1460. The number of benzene rings is 1. The Morgan fingerprint density at radius 2 is 1.86 bits per heavy atom. The Labute approximate surface area is 215 Å². The second-order valence-electron chi connectivity index (χ2n) is 7.88. The highest BCUT2D eigenvalue weighted by molar-refractivity contribution is 7.90. The molecule has 0 saturated heterocycles. The molecule has 1 aliphatic rings. The van der Waals surface area contributed by atoms with Crippen molar-refractivity contribution < 1.29 is 31.1 Å². The van der Waals surface area contributed by atoms with Crippen molar-refractivity contribution in [3.05, 3.63) is 64.6 Å². The number of amides is 1. The van der Waals surface area contributed by atoms with Crippen molar-refractivity contribution in [3.8, 4) is 0 Å². The standard InChI is InChI=1S/C22H22ClF3N6O4S/c1-3-16-19(32-17(23)5-4-6-18(32)28-16)20(33)27-13-14-7-9-15(10-8-14)30-11-12-31(21(29-30)36-2)37(34,35)22(24,25)26/h4-10H,3,11-13H2,1-2H3,(H,27,33). The van der Waals surface area contributed by atoms with Crippen LogP contribution in [0.2, 0.25) is 5.15 Å². The van der Waals surface area contributed by atoms with E-state index in [4.69, 9.17) is 16.3 Å². The number of sulfonamides is 1. The molecule has 198 valence electrons. The third kappa shape index (κ3) is 5.03. The molecule has 1 amide bonds. The lowest BCUT2D eigenvalue weighted by Crippen LogP contribution is -2.51. The minimum atomic E-state index is -5.63. The number of nitrogens with zero attached hydrogens (tertiary/aromatic N) is 5. The molecule has 0 saturated carbocycles. The smallest absolute Gasteiger partial charge is 0.467 e. The van der Waals surface area contributed by atoms with Crippen LogP contribution in [-0.2, 0) is 27.7 Å². The average molecular weight is 559 g/mol. The van der Waals surface area contributed by atoms with Crippen LogP contribution in [-0.4, -0.2) is 59.7 Å². The maximum atomic E-state index is 13.0. The Balaban J connectivity index is 1.48. The fraction of sp³-hybridized carbons (Fsp3) is 0.318. The van der Waals surface area contributed by atoms with E-state index in [2.05, 4.69) is 15.4 Å². The first kappa shape index (κ1) is 26.5. The zero-order chi connectivity index (χ0) is 27.0. The van der Waals surface area contributed by atoms with Crippen molar-refractivity contribution in [3.63, 3.8) is 0 Å². The largest absolute Gasteiger partial charge is 0.516 e. The highest BCUT2D eigenvalue weighted by atomic mass is 35.5. The number of aromatic nitrogens is 2. The molecule has 0 unspecified atom stereocenters.